The molecular weight excluding hydrogens is 280 g/mol. The first kappa shape index (κ1) is 14.9. The molecule has 1 saturated heterocycles. The van der Waals surface area contributed by atoms with Crippen LogP contribution >= 0.6 is 11.8 Å². The third kappa shape index (κ3) is 3.80. The Morgan fingerprint density at radius 3 is 2.81 bits per heavy atom. The maximum Gasteiger partial charge on any atom is 0.234 e. The molecule has 2 fully saturated rings. The largest absolute Gasteiger partial charge is 0.351 e. The van der Waals surface area contributed by atoms with E-state index in [2.05, 4.69) is 41.4 Å². The lowest BCUT2D eigenvalue weighted by atomic mass is 9.87. The minimum absolute atomic E-state index is 0.207. The van der Waals surface area contributed by atoms with Gasteiger partial charge < -0.3 is 5.32 Å². The predicted molar refractivity (Wildman–Crippen MR) is 87.7 cm³/mol. The van der Waals surface area contributed by atoms with Gasteiger partial charge in [-0.25, -0.2) is 0 Å². The van der Waals surface area contributed by atoms with Crippen molar-refractivity contribution in [3.05, 3.63) is 29.8 Å². The average molecular weight is 304 g/mol. The van der Waals surface area contributed by atoms with Gasteiger partial charge in [-0.2, -0.15) is 0 Å². The zero-order valence-corrected chi connectivity index (χ0v) is 13.5. The number of carbonyl (C=O) groups excluding carboxylic acids is 1. The first-order valence-corrected chi connectivity index (χ1v) is 8.94. The number of hydrogen-bond donors (Lipinski definition) is 1. The van der Waals surface area contributed by atoms with Crippen LogP contribution in [0, 0.1) is 6.92 Å². The summed E-state index contributed by atoms with van der Waals surface area (Å²) in [5.41, 5.74) is 1.30. The van der Waals surface area contributed by atoms with Crippen LogP contribution in [-0.2, 0) is 4.79 Å². The normalized spacial score (nSPS) is 26.2. The molecule has 0 aromatic heterocycles. The fraction of sp³-hybridized carbons (Fsp3) is 0.588. The summed E-state index contributed by atoms with van der Waals surface area (Å²) >= 11 is 1.89. The molecule has 2 atom stereocenters. The van der Waals surface area contributed by atoms with Crippen molar-refractivity contribution in [3.8, 4) is 0 Å². The molecule has 0 unspecified atom stereocenters. The van der Waals surface area contributed by atoms with Gasteiger partial charge in [0.25, 0.3) is 0 Å². The number of benzene rings is 1. The van der Waals surface area contributed by atoms with E-state index in [1.165, 1.54) is 29.7 Å². The van der Waals surface area contributed by atoms with Gasteiger partial charge in [0.05, 0.1) is 6.54 Å². The second-order valence-electron chi connectivity index (χ2n) is 6.16. The summed E-state index contributed by atoms with van der Waals surface area (Å²) in [6.07, 6.45) is 4.95. The van der Waals surface area contributed by atoms with Crippen molar-refractivity contribution in [2.24, 2.45) is 0 Å². The number of nitrogens with zero attached hydrogens (tertiary/aromatic N) is 1. The first-order valence-electron chi connectivity index (χ1n) is 7.95. The van der Waals surface area contributed by atoms with E-state index in [-0.39, 0.29) is 5.91 Å². The molecule has 1 saturated carbocycles. The Bertz CT molecular complexity index is 488. The Labute approximate surface area is 131 Å². The third-order valence-electron chi connectivity index (χ3n) is 4.56. The monoisotopic (exact) mass is 304 g/mol. The molecule has 1 heterocycles. The first-order chi connectivity index (χ1) is 10.2. The van der Waals surface area contributed by atoms with Gasteiger partial charge in [-0.05, 0) is 31.9 Å². The van der Waals surface area contributed by atoms with Gasteiger partial charge in [0.1, 0.15) is 0 Å². The number of nitrogens with one attached hydrogen (secondary N) is 1. The molecule has 2 aliphatic rings. The van der Waals surface area contributed by atoms with E-state index in [0.29, 0.717) is 18.6 Å². The molecule has 0 spiro atoms. The highest BCUT2D eigenvalue weighted by Crippen LogP contribution is 2.26. The Hall–Kier alpha value is -1.00. The molecule has 3 rings (SSSR count). The van der Waals surface area contributed by atoms with Crippen LogP contribution in [0.3, 0.4) is 0 Å². The van der Waals surface area contributed by atoms with E-state index < -0.39 is 0 Å². The van der Waals surface area contributed by atoms with E-state index in [9.17, 15) is 4.79 Å². The number of hydrogen-bond acceptors (Lipinski definition) is 3. The fourth-order valence-corrected chi connectivity index (χ4v) is 4.32. The maximum absolute atomic E-state index is 11.8. The number of piperazine rings is 1. The van der Waals surface area contributed by atoms with Crippen molar-refractivity contribution in [1.29, 1.82) is 0 Å². The summed E-state index contributed by atoms with van der Waals surface area (Å²) in [5.74, 6) is 1.26. The second kappa shape index (κ2) is 6.84. The highest BCUT2D eigenvalue weighted by Gasteiger charge is 2.35. The minimum atomic E-state index is 0.207. The van der Waals surface area contributed by atoms with Crippen molar-refractivity contribution in [2.75, 3.05) is 18.8 Å². The van der Waals surface area contributed by atoms with Gasteiger partial charge in [-0.1, -0.05) is 30.5 Å². The molecule has 4 heteroatoms. The Balaban J connectivity index is 1.53. The van der Waals surface area contributed by atoms with Gasteiger partial charge in [0.2, 0.25) is 5.91 Å². The quantitative estimate of drug-likeness (QED) is 0.868. The van der Waals surface area contributed by atoms with E-state index in [0.717, 1.165) is 18.7 Å². The van der Waals surface area contributed by atoms with Crippen molar-refractivity contribution >= 4 is 17.7 Å². The van der Waals surface area contributed by atoms with Crippen molar-refractivity contribution in [2.45, 2.75) is 49.6 Å². The summed E-state index contributed by atoms with van der Waals surface area (Å²) in [7, 11) is 0. The molecule has 1 aromatic rings. The highest BCUT2D eigenvalue weighted by molar-refractivity contribution is 7.99. The molecule has 1 N–H and O–H groups in total. The Morgan fingerprint density at radius 2 is 2.00 bits per heavy atom. The SMILES string of the molecule is Cc1ccc(SCCN2CC(=O)N[C@@H]3CCCC[C@H]32)cc1. The Kier molecular flexibility index (Phi) is 4.86. The highest BCUT2D eigenvalue weighted by atomic mass is 32.2. The van der Waals surface area contributed by atoms with Crippen LogP contribution in [0.25, 0.3) is 0 Å². The lowest BCUT2D eigenvalue weighted by molar-refractivity contribution is -0.128. The molecule has 21 heavy (non-hydrogen) atoms. The van der Waals surface area contributed by atoms with Gasteiger partial charge >= 0.3 is 0 Å². The van der Waals surface area contributed by atoms with Crippen LogP contribution < -0.4 is 5.32 Å². The smallest absolute Gasteiger partial charge is 0.234 e. The average Bonchev–Trinajstić information content (AvgIpc) is 2.49. The van der Waals surface area contributed by atoms with E-state index in [1.54, 1.807) is 0 Å². The lowest BCUT2D eigenvalue weighted by Crippen LogP contribution is -2.61. The van der Waals surface area contributed by atoms with Crippen LogP contribution in [0.5, 0.6) is 0 Å². The lowest BCUT2D eigenvalue weighted by Gasteiger charge is -2.44. The van der Waals surface area contributed by atoms with Crippen LogP contribution in [0.4, 0.5) is 0 Å². The van der Waals surface area contributed by atoms with Crippen molar-refractivity contribution in [1.82, 2.24) is 10.2 Å². The summed E-state index contributed by atoms with van der Waals surface area (Å²) in [5, 5.41) is 3.18. The van der Waals surface area contributed by atoms with Crippen LogP contribution in [-0.4, -0.2) is 41.7 Å². The van der Waals surface area contributed by atoms with Crippen LogP contribution in [0.1, 0.15) is 31.2 Å². The molecule has 0 bridgehead atoms. The van der Waals surface area contributed by atoms with E-state index in [4.69, 9.17) is 0 Å². The third-order valence-corrected chi connectivity index (χ3v) is 5.55. The molecule has 114 valence electrons. The van der Waals surface area contributed by atoms with Crippen LogP contribution in [0.2, 0.25) is 0 Å². The fourth-order valence-electron chi connectivity index (χ4n) is 3.43. The minimum Gasteiger partial charge on any atom is -0.351 e. The molecule has 1 aliphatic heterocycles. The van der Waals surface area contributed by atoms with Crippen LogP contribution in [0.15, 0.2) is 29.2 Å². The molecule has 1 amide bonds. The van der Waals surface area contributed by atoms with Crippen molar-refractivity contribution in [3.63, 3.8) is 0 Å². The number of aryl methyl sites for hydroxylation is 1. The molecule has 3 nitrogen and oxygen atoms in total. The number of thioether (sulfide) groups is 1. The number of fused-ring (bicyclic) bond motifs is 1. The molecule has 0 radical (unpaired) electrons. The second-order valence-corrected chi connectivity index (χ2v) is 7.33. The van der Waals surface area contributed by atoms with Gasteiger partial charge in [-0.15, -0.1) is 11.8 Å². The standard InChI is InChI=1S/C17H24N2OS/c1-13-6-8-14(9-7-13)21-11-10-19-12-17(20)18-15-4-2-3-5-16(15)19/h6-9,15-16H,2-5,10-12H2,1H3,(H,18,20)/t15-,16-/m1/s1. The summed E-state index contributed by atoms with van der Waals surface area (Å²) in [6.45, 7) is 3.70. The molecule has 1 aliphatic carbocycles. The van der Waals surface area contributed by atoms with Gasteiger partial charge in [0.15, 0.2) is 0 Å². The van der Waals surface area contributed by atoms with Gasteiger partial charge in [0, 0.05) is 29.3 Å². The van der Waals surface area contributed by atoms with Crippen molar-refractivity contribution < 1.29 is 4.79 Å². The topological polar surface area (TPSA) is 32.3 Å². The Morgan fingerprint density at radius 1 is 1.24 bits per heavy atom. The molecule has 1 aromatic carbocycles. The number of rotatable bonds is 4. The summed E-state index contributed by atoms with van der Waals surface area (Å²) in [6, 6.07) is 9.65. The molecular formula is C17H24N2OS. The van der Waals surface area contributed by atoms with E-state index >= 15 is 0 Å². The number of carbonyl (C=O) groups is 1. The predicted octanol–water partition coefficient (Wildman–Crippen LogP) is 2.83. The summed E-state index contributed by atoms with van der Waals surface area (Å²) in [4.78, 5) is 15.6. The van der Waals surface area contributed by atoms with Gasteiger partial charge in [-0.3, -0.25) is 9.69 Å². The summed E-state index contributed by atoms with van der Waals surface area (Å²) < 4.78 is 0. The number of amides is 1. The zero-order valence-electron chi connectivity index (χ0n) is 12.7. The maximum atomic E-state index is 11.8. The zero-order chi connectivity index (χ0) is 14.7. The van der Waals surface area contributed by atoms with E-state index in [1.807, 2.05) is 11.8 Å².